The van der Waals surface area contributed by atoms with Gasteiger partial charge in [0.05, 0.1) is 35.3 Å². The molecule has 2 N–H and O–H groups in total. The number of carbonyl (C=O) groups is 1. The van der Waals surface area contributed by atoms with Crippen molar-refractivity contribution in [2.24, 2.45) is 0 Å². The first-order valence-corrected chi connectivity index (χ1v) is 14.6. The first-order valence-electron chi connectivity index (χ1n) is 13.8. The molecular formula is C31H32ClN5O3S. The largest absolute Gasteiger partial charge is 0.485 e. The monoisotopic (exact) mass is 589 g/mol. The molecule has 2 aliphatic heterocycles. The van der Waals surface area contributed by atoms with Crippen LogP contribution in [0.25, 0.3) is 10.9 Å². The Labute approximate surface area is 249 Å². The molecule has 0 aliphatic carbocycles. The molecule has 2 aliphatic rings. The molecule has 1 amide bonds. The van der Waals surface area contributed by atoms with E-state index in [1.54, 1.807) is 12.4 Å². The Bertz CT molecular complexity index is 1590. The van der Waals surface area contributed by atoms with Crippen molar-refractivity contribution in [2.45, 2.75) is 32.3 Å². The van der Waals surface area contributed by atoms with Crippen LogP contribution in [-0.2, 0) is 30.9 Å². The van der Waals surface area contributed by atoms with Crippen LogP contribution in [0.15, 0.2) is 67.1 Å². The molecule has 8 nitrogen and oxygen atoms in total. The van der Waals surface area contributed by atoms with E-state index in [9.17, 15) is 4.79 Å². The van der Waals surface area contributed by atoms with E-state index >= 15 is 0 Å². The summed E-state index contributed by atoms with van der Waals surface area (Å²) in [7, 11) is 0. The minimum absolute atomic E-state index is 0.114. The summed E-state index contributed by atoms with van der Waals surface area (Å²) in [6, 6.07) is 15.7. The van der Waals surface area contributed by atoms with Crippen LogP contribution in [0.4, 0.5) is 0 Å². The van der Waals surface area contributed by atoms with Crippen molar-refractivity contribution in [3.63, 3.8) is 0 Å². The number of hydrogen-bond acceptors (Lipinski definition) is 7. The Morgan fingerprint density at radius 3 is 2.56 bits per heavy atom. The molecule has 1 fully saturated rings. The second-order valence-electron chi connectivity index (χ2n) is 10.4. The molecule has 2 aromatic heterocycles. The fourth-order valence-corrected chi connectivity index (χ4v) is 5.79. The van der Waals surface area contributed by atoms with Gasteiger partial charge in [-0.05, 0) is 53.1 Å². The highest BCUT2D eigenvalue weighted by molar-refractivity contribution is 7.71. The van der Waals surface area contributed by atoms with Gasteiger partial charge in [-0.2, -0.15) is 0 Å². The number of amides is 1. The van der Waals surface area contributed by atoms with Gasteiger partial charge in [-0.3, -0.25) is 14.7 Å². The number of pyridine rings is 2. The third kappa shape index (κ3) is 6.60. The molecular weight excluding hydrogens is 558 g/mol. The summed E-state index contributed by atoms with van der Waals surface area (Å²) < 4.78 is 14.7. The highest BCUT2D eigenvalue weighted by Gasteiger charge is 2.25. The summed E-state index contributed by atoms with van der Waals surface area (Å²) in [6.45, 7) is 6.33. The van der Waals surface area contributed by atoms with E-state index < -0.39 is 0 Å². The van der Waals surface area contributed by atoms with Gasteiger partial charge in [0.25, 0.3) is 5.91 Å². The van der Waals surface area contributed by atoms with Crippen LogP contribution in [0.2, 0.25) is 5.02 Å². The summed E-state index contributed by atoms with van der Waals surface area (Å²) in [5.41, 5.74) is 4.65. The van der Waals surface area contributed by atoms with Gasteiger partial charge in [-0.25, -0.2) is 0 Å². The standard InChI is InChI=1S/C31H32ClN5O3S/c32-24-3-1-21(2-4-24)16-35-31(38)27-20-37-19-25(17-34-15-22-5-7-33-8-6-22)40-28-14-23(13-26(29(28)37)30(27)41)18-36-9-11-39-12-10-36/h1-8,13-14,20,25,34H,9-12,15-19H2,(H,35,38). The number of carbonyl (C=O) groups excluding carboxylic acids is 1. The highest BCUT2D eigenvalue weighted by atomic mass is 35.5. The quantitative estimate of drug-likeness (QED) is 0.273. The molecule has 0 spiro atoms. The maximum atomic E-state index is 13.4. The maximum Gasteiger partial charge on any atom is 0.254 e. The molecule has 2 aromatic carbocycles. The number of benzene rings is 2. The van der Waals surface area contributed by atoms with Gasteiger partial charge in [-0.1, -0.05) is 36.0 Å². The number of morpholine rings is 1. The fourth-order valence-electron chi connectivity index (χ4n) is 5.36. The number of halogens is 1. The third-order valence-corrected chi connectivity index (χ3v) is 8.15. The SMILES string of the molecule is O=C(NCc1ccc(Cl)cc1)c1cn2c3c(cc(CN4CCOCC4)cc3c1=S)OC(CNCc1ccncc1)C2. The summed E-state index contributed by atoms with van der Waals surface area (Å²) in [5.74, 6) is 0.599. The van der Waals surface area contributed by atoms with Crippen molar-refractivity contribution in [3.8, 4) is 5.75 Å². The normalized spacial score (nSPS) is 16.9. The second kappa shape index (κ2) is 12.7. The number of hydrogen-bond donors (Lipinski definition) is 2. The Kier molecular flexibility index (Phi) is 8.59. The molecule has 1 saturated heterocycles. The van der Waals surface area contributed by atoms with Crippen LogP contribution in [0.1, 0.15) is 27.0 Å². The van der Waals surface area contributed by atoms with E-state index in [0.29, 0.717) is 34.7 Å². The lowest BCUT2D eigenvalue weighted by Gasteiger charge is -2.31. The van der Waals surface area contributed by atoms with E-state index in [1.807, 2.05) is 42.6 Å². The predicted molar refractivity (Wildman–Crippen MR) is 162 cm³/mol. The number of nitrogens with one attached hydrogen (secondary N) is 2. The van der Waals surface area contributed by atoms with Crippen molar-refractivity contribution in [1.29, 1.82) is 0 Å². The van der Waals surface area contributed by atoms with Crippen LogP contribution >= 0.6 is 23.8 Å². The Morgan fingerprint density at radius 2 is 1.78 bits per heavy atom. The summed E-state index contributed by atoms with van der Waals surface area (Å²) in [4.78, 5) is 19.9. The van der Waals surface area contributed by atoms with E-state index in [2.05, 4.69) is 37.2 Å². The van der Waals surface area contributed by atoms with E-state index in [1.165, 1.54) is 0 Å². The Balaban J connectivity index is 1.28. The summed E-state index contributed by atoms with van der Waals surface area (Å²) >= 11 is 11.9. The highest BCUT2D eigenvalue weighted by Crippen LogP contribution is 2.34. The first kappa shape index (κ1) is 27.8. The third-order valence-electron chi connectivity index (χ3n) is 7.46. The van der Waals surface area contributed by atoms with Gasteiger partial charge in [-0.15, -0.1) is 0 Å². The first-order chi connectivity index (χ1) is 20.0. The zero-order valence-electron chi connectivity index (χ0n) is 22.6. The lowest BCUT2D eigenvalue weighted by molar-refractivity contribution is 0.0341. The summed E-state index contributed by atoms with van der Waals surface area (Å²) in [6.07, 6.45) is 5.36. The second-order valence-corrected chi connectivity index (χ2v) is 11.3. The van der Waals surface area contributed by atoms with Crippen molar-refractivity contribution < 1.29 is 14.3 Å². The molecule has 0 radical (unpaired) electrons. The smallest absolute Gasteiger partial charge is 0.254 e. The van der Waals surface area contributed by atoms with Gasteiger partial charge in [0.1, 0.15) is 11.9 Å². The van der Waals surface area contributed by atoms with Crippen molar-refractivity contribution >= 4 is 40.6 Å². The topological polar surface area (TPSA) is 80.7 Å². The van der Waals surface area contributed by atoms with Crippen molar-refractivity contribution in [3.05, 3.63) is 98.9 Å². The zero-order valence-corrected chi connectivity index (χ0v) is 24.2. The van der Waals surface area contributed by atoms with Crippen LogP contribution in [0, 0.1) is 4.51 Å². The Morgan fingerprint density at radius 1 is 1.02 bits per heavy atom. The van der Waals surface area contributed by atoms with E-state index in [-0.39, 0.29) is 12.0 Å². The van der Waals surface area contributed by atoms with Gasteiger partial charge >= 0.3 is 0 Å². The van der Waals surface area contributed by atoms with Gasteiger partial charge in [0.15, 0.2) is 0 Å². The average Bonchev–Trinajstić information content (AvgIpc) is 2.99. The molecule has 1 atom stereocenters. The van der Waals surface area contributed by atoms with Crippen molar-refractivity contribution in [2.75, 3.05) is 32.8 Å². The molecule has 41 heavy (non-hydrogen) atoms. The van der Waals surface area contributed by atoms with Crippen LogP contribution in [0.5, 0.6) is 5.75 Å². The molecule has 4 heterocycles. The lowest BCUT2D eigenvalue weighted by atomic mass is 10.0. The molecule has 0 saturated carbocycles. The average molecular weight is 590 g/mol. The summed E-state index contributed by atoms with van der Waals surface area (Å²) in [5, 5.41) is 8.07. The fraction of sp³-hybridized carbons (Fsp3) is 0.323. The molecule has 1 unspecified atom stereocenters. The van der Waals surface area contributed by atoms with E-state index in [0.717, 1.165) is 72.7 Å². The van der Waals surface area contributed by atoms with Gasteiger partial charge < -0.3 is 24.7 Å². The van der Waals surface area contributed by atoms with Crippen molar-refractivity contribution in [1.82, 2.24) is 25.1 Å². The zero-order chi connectivity index (χ0) is 28.2. The number of nitrogens with zero attached hydrogens (tertiary/aromatic N) is 3. The van der Waals surface area contributed by atoms with Crippen LogP contribution in [0.3, 0.4) is 0 Å². The number of aromatic nitrogens is 2. The molecule has 0 bridgehead atoms. The predicted octanol–water partition coefficient (Wildman–Crippen LogP) is 4.73. The van der Waals surface area contributed by atoms with Gasteiger partial charge in [0, 0.05) is 68.3 Å². The number of ether oxygens (including phenoxy) is 2. The lowest BCUT2D eigenvalue weighted by Crippen LogP contribution is -2.38. The van der Waals surface area contributed by atoms with Gasteiger partial charge in [0.2, 0.25) is 0 Å². The Hall–Kier alpha value is -3.34. The minimum Gasteiger partial charge on any atom is -0.485 e. The minimum atomic E-state index is -0.199. The molecule has 10 heteroatoms. The molecule has 212 valence electrons. The molecule has 6 rings (SSSR count). The molecule has 4 aromatic rings. The van der Waals surface area contributed by atoms with Crippen LogP contribution < -0.4 is 15.4 Å². The number of rotatable bonds is 9. The van der Waals surface area contributed by atoms with Crippen LogP contribution in [-0.4, -0.2) is 59.3 Å². The van der Waals surface area contributed by atoms with E-state index in [4.69, 9.17) is 33.3 Å². The maximum absolute atomic E-state index is 13.4.